The number of benzene rings is 1. The highest BCUT2D eigenvalue weighted by atomic mass is 79.9. The first kappa shape index (κ1) is 12.4. The number of fused-ring (bicyclic) bond motifs is 1. The van der Waals surface area contributed by atoms with E-state index in [1.165, 1.54) is 0 Å². The standard InChI is InChI=1S/C11H9BrN4O2S/c12-6-1-2-9-8(3-6)16(10(17)5-18-9)4-7-11(13)19-15-14-7/h1-3H,4-5,13H2. The number of ether oxygens (including phenoxy) is 1. The Balaban J connectivity index is 1.99. The van der Waals surface area contributed by atoms with Gasteiger partial charge in [0.1, 0.15) is 16.4 Å². The number of halogens is 1. The summed E-state index contributed by atoms with van der Waals surface area (Å²) in [6.07, 6.45) is 0. The van der Waals surface area contributed by atoms with Gasteiger partial charge in [0.15, 0.2) is 6.61 Å². The average molecular weight is 341 g/mol. The fourth-order valence-corrected chi connectivity index (χ4v) is 2.61. The summed E-state index contributed by atoms with van der Waals surface area (Å²) in [4.78, 5) is 13.6. The first-order valence-electron chi connectivity index (χ1n) is 5.44. The SMILES string of the molecule is Nc1snnc1CN1C(=O)COc2ccc(Br)cc21. The van der Waals surface area contributed by atoms with Crippen molar-refractivity contribution in [2.24, 2.45) is 0 Å². The molecule has 1 aliphatic heterocycles. The number of hydrogen-bond donors (Lipinski definition) is 1. The molecule has 3 rings (SSSR count). The van der Waals surface area contributed by atoms with Crippen molar-refractivity contribution in [3.63, 3.8) is 0 Å². The van der Waals surface area contributed by atoms with Crippen LogP contribution in [0.25, 0.3) is 0 Å². The normalized spacial score (nSPS) is 14.2. The van der Waals surface area contributed by atoms with Crippen LogP contribution in [0.3, 0.4) is 0 Å². The number of amides is 1. The van der Waals surface area contributed by atoms with E-state index in [2.05, 4.69) is 25.5 Å². The molecule has 8 heteroatoms. The van der Waals surface area contributed by atoms with Gasteiger partial charge >= 0.3 is 0 Å². The van der Waals surface area contributed by atoms with Crippen molar-refractivity contribution in [2.75, 3.05) is 17.2 Å². The van der Waals surface area contributed by atoms with Gasteiger partial charge in [-0.2, -0.15) is 0 Å². The third kappa shape index (κ3) is 2.28. The average Bonchev–Trinajstić information content (AvgIpc) is 2.79. The Morgan fingerprint density at radius 3 is 3.11 bits per heavy atom. The molecule has 0 fully saturated rings. The van der Waals surface area contributed by atoms with Crippen LogP contribution in [0.15, 0.2) is 22.7 Å². The summed E-state index contributed by atoms with van der Waals surface area (Å²) < 4.78 is 10.0. The van der Waals surface area contributed by atoms with Gasteiger partial charge in [-0.05, 0) is 18.2 Å². The van der Waals surface area contributed by atoms with E-state index < -0.39 is 0 Å². The first-order chi connectivity index (χ1) is 9.15. The topological polar surface area (TPSA) is 81.3 Å². The van der Waals surface area contributed by atoms with E-state index in [9.17, 15) is 4.79 Å². The number of hydrogen-bond acceptors (Lipinski definition) is 6. The lowest BCUT2D eigenvalue weighted by Gasteiger charge is -2.28. The summed E-state index contributed by atoms with van der Waals surface area (Å²) in [5.41, 5.74) is 7.08. The van der Waals surface area contributed by atoms with E-state index in [0.29, 0.717) is 28.7 Å². The Morgan fingerprint density at radius 2 is 2.37 bits per heavy atom. The van der Waals surface area contributed by atoms with Crippen molar-refractivity contribution < 1.29 is 9.53 Å². The van der Waals surface area contributed by atoms with Gasteiger partial charge in [-0.25, -0.2) is 0 Å². The predicted molar refractivity (Wildman–Crippen MR) is 75.1 cm³/mol. The van der Waals surface area contributed by atoms with E-state index in [-0.39, 0.29) is 12.5 Å². The molecular formula is C11H9BrN4O2S. The minimum absolute atomic E-state index is 0.0199. The van der Waals surface area contributed by atoms with E-state index in [1.807, 2.05) is 18.2 Å². The van der Waals surface area contributed by atoms with Crippen molar-refractivity contribution in [1.29, 1.82) is 0 Å². The van der Waals surface area contributed by atoms with Crippen LogP contribution >= 0.6 is 27.5 Å². The number of rotatable bonds is 2. The smallest absolute Gasteiger partial charge is 0.265 e. The highest BCUT2D eigenvalue weighted by molar-refractivity contribution is 9.10. The van der Waals surface area contributed by atoms with E-state index in [1.54, 1.807) is 4.90 Å². The molecule has 2 heterocycles. The second-order valence-corrected chi connectivity index (χ2v) is 5.67. The summed E-state index contributed by atoms with van der Waals surface area (Å²) in [6.45, 7) is 0.320. The van der Waals surface area contributed by atoms with Gasteiger partial charge < -0.3 is 10.5 Å². The molecule has 2 aromatic rings. The van der Waals surface area contributed by atoms with Gasteiger partial charge in [-0.3, -0.25) is 9.69 Å². The van der Waals surface area contributed by atoms with Crippen molar-refractivity contribution >= 4 is 44.1 Å². The molecule has 0 saturated carbocycles. The minimum Gasteiger partial charge on any atom is -0.482 e. The number of anilines is 2. The molecule has 0 spiro atoms. The fraction of sp³-hybridized carbons (Fsp3) is 0.182. The zero-order valence-electron chi connectivity index (χ0n) is 9.67. The Kier molecular flexibility index (Phi) is 3.11. The van der Waals surface area contributed by atoms with E-state index in [4.69, 9.17) is 10.5 Å². The number of carbonyl (C=O) groups excluding carboxylic acids is 1. The van der Waals surface area contributed by atoms with Crippen LogP contribution in [0.4, 0.5) is 10.7 Å². The molecule has 1 amide bonds. The molecule has 0 aliphatic carbocycles. The molecule has 1 aliphatic rings. The number of nitrogen functional groups attached to an aromatic ring is 1. The van der Waals surface area contributed by atoms with Crippen LogP contribution in [-0.4, -0.2) is 22.1 Å². The van der Waals surface area contributed by atoms with Gasteiger partial charge in [-0.15, -0.1) is 5.10 Å². The number of carbonyl (C=O) groups is 1. The number of nitrogens with zero attached hydrogens (tertiary/aromatic N) is 3. The van der Waals surface area contributed by atoms with Crippen LogP contribution in [0.2, 0.25) is 0 Å². The molecule has 0 unspecified atom stereocenters. The van der Waals surface area contributed by atoms with Crippen molar-refractivity contribution in [3.05, 3.63) is 28.4 Å². The Bertz CT molecular complexity index is 645. The lowest BCUT2D eigenvalue weighted by molar-refractivity contribution is -0.121. The molecule has 6 nitrogen and oxygen atoms in total. The molecule has 0 atom stereocenters. The Morgan fingerprint density at radius 1 is 1.53 bits per heavy atom. The third-order valence-corrected chi connectivity index (χ3v) is 3.85. The third-order valence-electron chi connectivity index (χ3n) is 2.76. The molecule has 0 radical (unpaired) electrons. The van der Waals surface area contributed by atoms with E-state index in [0.717, 1.165) is 16.0 Å². The molecule has 2 N–H and O–H groups in total. The number of aromatic nitrogens is 2. The molecule has 19 heavy (non-hydrogen) atoms. The molecule has 98 valence electrons. The van der Waals surface area contributed by atoms with Crippen LogP contribution in [0.1, 0.15) is 5.69 Å². The molecular weight excluding hydrogens is 332 g/mol. The maximum Gasteiger partial charge on any atom is 0.265 e. The van der Waals surface area contributed by atoms with Crippen LogP contribution in [0.5, 0.6) is 5.75 Å². The van der Waals surface area contributed by atoms with Crippen molar-refractivity contribution in [2.45, 2.75) is 6.54 Å². The summed E-state index contributed by atoms with van der Waals surface area (Å²) in [5, 5.41) is 4.46. The van der Waals surface area contributed by atoms with Crippen LogP contribution in [0, 0.1) is 0 Å². The molecule has 1 aromatic carbocycles. The second-order valence-electron chi connectivity index (χ2n) is 3.96. The maximum atomic E-state index is 12.0. The summed E-state index contributed by atoms with van der Waals surface area (Å²) >= 11 is 4.50. The Labute approximate surface area is 121 Å². The van der Waals surface area contributed by atoms with Gasteiger partial charge in [0.2, 0.25) is 0 Å². The fourth-order valence-electron chi connectivity index (χ4n) is 1.82. The monoisotopic (exact) mass is 340 g/mol. The van der Waals surface area contributed by atoms with Crippen LogP contribution in [-0.2, 0) is 11.3 Å². The molecule has 0 saturated heterocycles. The lowest BCUT2D eigenvalue weighted by Crippen LogP contribution is -2.38. The van der Waals surface area contributed by atoms with Gasteiger partial charge in [0.25, 0.3) is 5.91 Å². The van der Waals surface area contributed by atoms with Crippen molar-refractivity contribution in [1.82, 2.24) is 9.59 Å². The summed E-state index contributed by atoms with van der Waals surface area (Å²) in [7, 11) is 0. The van der Waals surface area contributed by atoms with Gasteiger partial charge in [0.05, 0.1) is 12.2 Å². The second kappa shape index (κ2) is 4.78. The zero-order valence-corrected chi connectivity index (χ0v) is 12.1. The lowest BCUT2D eigenvalue weighted by atomic mass is 10.2. The van der Waals surface area contributed by atoms with E-state index >= 15 is 0 Å². The minimum atomic E-state index is -0.127. The first-order valence-corrected chi connectivity index (χ1v) is 7.01. The summed E-state index contributed by atoms with van der Waals surface area (Å²) in [5.74, 6) is 0.544. The Hall–Kier alpha value is -1.67. The van der Waals surface area contributed by atoms with Gasteiger partial charge in [-0.1, -0.05) is 20.4 Å². The van der Waals surface area contributed by atoms with Crippen molar-refractivity contribution in [3.8, 4) is 5.75 Å². The maximum absolute atomic E-state index is 12.0. The summed E-state index contributed by atoms with van der Waals surface area (Å²) in [6, 6.07) is 5.52. The van der Waals surface area contributed by atoms with Gasteiger partial charge in [0, 0.05) is 16.0 Å². The highest BCUT2D eigenvalue weighted by Gasteiger charge is 2.27. The quantitative estimate of drug-likeness (QED) is 0.901. The largest absolute Gasteiger partial charge is 0.482 e. The molecule has 0 bridgehead atoms. The number of nitrogens with two attached hydrogens (primary N) is 1. The molecule has 1 aromatic heterocycles. The predicted octanol–water partition coefficient (Wildman–Crippen LogP) is 1.81. The zero-order chi connectivity index (χ0) is 13.4. The van der Waals surface area contributed by atoms with Crippen LogP contribution < -0.4 is 15.4 Å². The highest BCUT2D eigenvalue weighted by Crippen LogP contribution is 2.35.